The van der Waals surface area contributed by atoms with Crippen LogP contribution in [0.3, 0.4) is 0 Å². The van der Waals surface area contributed by atoms with Crippen molar-refractivity contribution in [2.24, 2.45) is 5.73 Å². The van der Waals surface area contributed by atoms with Crippen LogP contribution in [0.25, 0.3) is 0 Å². The Labute approximate surface area is 122 Å². The number of aromatic amines is 1. The molecule has 0 amide bonds. The Hall–Kier alpha value is -1.53. The predicted molar refractivity (Wildman–Crippen MR) is 81.9 cm³/mol. The maximum Gasteiger partial charge on any atom is 0.343 e. The SMILES string of the molecule is CCn1c(SC(C)C(N)c2ccc(C)cc2)n[nH]c1=O. The molecule has 0 bridgehead atoms. The molecule has 20 heavy (non-hydrogen) atoms. The average molecular weight is 292 g/mol. The van der Waals surface area contributed by atoms with Crippen LogP contribution in [0.15, 0.2) is 34.2 Å². The number of aromatic nitrogens is 3. The lowest BCUT2D eigenvalue weighted by molar-refractivity contribution is 0.651. The normalized spacial score (nSPS) is 14.2. The van der Waals surface area contributed by atoms with E-state index in [-0.39, 0.29) is 17.0 Å². The highest BCUT2D eigenvalue weighted by molar-refractivity contribution is 7.99. The van der Waals surface area contributed by atoms with Crippen LogP contribution in [-0.2, 0) is 6.54 Å². The van der Waals surface area contributed by atoms with Crippen LogP contribution in [0.2, 0.25) is 0 Å². The van der Waals surface area contributed by atoms with E-state index in [0.29, 0.717) is 11.7 Å². The number of H-pyrrole nitrogens is 1. The van der Waals surface area contributed by atoms with Gasteiger partial charge in [-0.25, -0.2) is 9.89 Å². The van der Waals surface area contributed by atoms with Crippen molar-refractivity contribution in [2.75, 3.05) is 0 Å². The van der Waals surface area contributed by atoms with E-state index in [1.807, 2.05) is 13.8 Å². The Kier molecular flexibility index (Phi) is 4.67. The van der Waals surface area contributed by atoms with Gasteiger partial charge in [-0.3, -0.25) is 4.57 Å². The van der Waals surface area contributed by atoms with Gasteiger partial charge in [0.1, 0.15) is 0 Å². The molecule has 0 saturated heterocycles. The van der Waals surface area contributed by atoms with Gasteiger partial charge in [-0.15, -0.1) is 5.10 Å². The quantitative estimate of drug-likeness (QED) is 0.827. The predicted octanol–water partition coefficient (Wildman–Crippen LogP) is 2.08. The van der Waals surface area contributed by atoms with Crippen molar-refractivity contribution >= 4 is 11.8 Å². The summed E-state index contributed by atoms with van der Waals surface area (Å²) in [5, 5.41) is 7.34. The van der Waals surface area contributed by atoms with Gasteiger partial charge in [0.15, 0.2) is 5.16 Å². The van der Waals surface area contributed by atoms with Gasteiger partial charge in [-0.1, -0.05) is 48.5 Å². The van der Waals surface area contributed by atoms with Crippen LogP contribution in [-0.4, -0.2) is 20.0 Å². The van der Waals surface area contributed by atoms with Crippen molar-refractivity contribution in [2.45, 2.75) is 43.8 Å². The summed E-state index contributed by atoms with van der Waals surface area (Å²) in [7, 11) is 0. The molecule has 0 aliphatic carbocycles. The lowest BCUT2D eigenvalue weighted by Gasteiger charge is -2.19. The third kappa shape index (κ3) is 3.13. The van der Waals surface area contributed by atoms with Crippen molar-refractivity contribution in [3.63, 3.8) is 0 Å². The molecule has 2 unspecified atom stereocenters. The molecule has 3 N–H and O–H groups in total. The highest BCUT2D eigenvalue weighted by Gasteiger charge is 2.19. The van der Waals surface area contributed by atoms with Crippen molar-refractivity contribution in [1.29, 1.82) is 0 Å². The third-order valence-electron chi connectivity index (χ3n) is 3.30. The minimum atomic E-state index is -0.175. The topological polar surface area (TPSA) is 76.7 Å². The summed E-state index contributed by atoms with van der Waals surface area (Å²) in [6.07, 6.45) is 0. The van der Waals surface area contributed by atoms with Gasteiger partial charge in [0, 0.05) is 17.8 Å². The van der Waals surface area contributed by atoms with E-state index in [1.165, 1.54) is 17.3 Å². The van der Waals surface area contributed by atoms with E-state index in [0.717, 1.165) is 5.56 Å². The van der Waals surface area contributed by atoms with E-state index in [1.54, 1.807) is 4.57 Å². The molecule has 1 aromatic carbocycles. The first-order chi connectivity index (χ1) is 9.52. The van der Waals surface area contributed by atoms with Crippen LogP contribution >= 0.6 is 11.8 Å². The smallest absolute Gasteiger partial charge is 0.323 e. The molecule has 0 fully saturated rings. The molecule has 0 radical (unpaired) electrons. The summed E-state index contributed by atoms with van der Waals surface area (Å²) in [6, 6.07) is 8.12. The first-order valence-corrected chi connectivity index (χ1v) is 7.55. The maximum atomic E-state index is 11.5. The van der Waals surface area contributed by atoms with Crippen LogP contribution in [0.5, 0.6) is 0 Å². The highest BCUT2D eigenvalue weighted by atomic mass is 32.2. The lowest BCUT2D eigenvalue weighted by Crippen LogP contribution is -2.22. The Morgan fingerprint density at radius 1 is 1.40 bits per heavy atom. The zero-order chi connectivity index (χ0) is 14.7. The molecule has 2 atom stereocenters. The molecule has 1 aromatic heterocycles. The van der Waals surface area contributed by atoms with E-state index in [2.05, 4.69) is 41.4 Å². The largest absolute Gasteiger partial charge is 0.343 e. The number of thioether (sulfide) groups is 1. The van der Waals surface area contributed by atoms with Crippen LogP contribution < -0.4 is 11.4 Å². The van der Waals surface area contributed by atoms with Gasteiger partial charge < -0.3 is 5.73 Å². The fourth-order valence-electron chi connectivity index (χ4n) is 1.97. The molecule has 108 valence electrons. The number of aryl methyl sites for hydroxylation is 1. The van der Waals surface area contributed by atoms with E-state index in [4.69, 9.17) is 5.73 Å². The molecule has 2 aromatic rings. The minimum Gasteiger partial charge on any atom is -0.323 e. The van der Waals surface area contributed by atoms with Gasteiger partial charge in [0.25, 0.3) is 0 Å². The Morgan fingerprint density at radius 2 is 2.05 bits per heavy atom. The molecule has 5 nitrogen and oxygen atoms in total. The second-order valence-electron chi connectivity index (χ2n) is 4.82. The molecular formula is C14H20N4OS. The van der Waals surface area contributed by atoms with Crippen molar-refractivity contribution in [3.05, 3.63) is 45.9 Å². The molecule has 0 aliphatic rings. The minimum absolute atomic E-state index is 0.0993. The Balaban J connectivity index is 2.13. The Morgan fingerprint density at radius 3 is 2.65 bits per heavy atom. The second kappa shape index (κ2) is 6.28. The van der Waals surface area contributed by atoms with Crippen LogP contribution in [0.4, 0.5) is 0 Å². The number of hydrogen-bond acceptors (Lipinski definition) is 4. The molecule has 6 heteroatoms. The fraction of sp³-hybridized carbons (Fsp3) is 0.429. The first-order valence-electron chi connectivity index (χ1n) is 6.67. The fourth-order valence-corrected chi connectivity index (χ4v) is 3.05. The standard InChI is InChI=1S/C14H20N4OS/c1-4-18-13(19)16-17-14(18)20-10(3)12(15)11-7-5-9(2)6-8-11/h5-8,10,12H,4,15H2,1-3H3,(H,16,19). The Bertz CT molecular complexity index is 617. The molecule has 0 saturated carbocycles. The third-order valence-corrected chi connectivity index (χ3v) is 4.49. The summed E-state index contributed by atoms with van der Waals surface area (Å²) in [5.74, 6) is 0. The zero-order valence-corrected chi connectivity index (χ0v) is 12.8. The summed E-state index contributed by atoms with van der Waals surface area (Å²) in [6.45, 7) is 6.63. The van der Waals surface area contributed by atoms with Crippen LogP contribution in [0, 0.1) is 6.92 Å². The van der Waals surface area contributed by atoms with Gasteiger partial charge in [-0.05, 0) is 19.4 Å². The lowest BCUT2D eigenvalue weighted by atomic mass is 10.0. The first kappa shape index (κ1) is 14.9. The number of nitrogens with one attached hydrogen (secondary N) is 1. The van der Waals surface area contributed by atoms with E-state index < -0.39 is 0 Å². The molecule has 2 rings (SSSR count). The summed E-state index contributed by atoms with van der Waals surface area (Å²) < 4.78 is 1.61. The zero-order valence-electron chi connectivity index (χ0n) is 12.0. The van der Waals surface area contributed by atoms with Gasteiger partial charge in [0.2, 0.25) is 0 Å². The number of nitrogens with zero attached hydrogens (tertiary/aromatic N) is 2. The van der Waals surface area contributed by atoms with Crippen molar-refractivity contribution < 1.29 is 0 Å². The average Bonchev–Trinajstić information content (AvgIpc) is 2.79. The summed E-state index contributed by atoms with van der Waals surface area (Å²) in [4.78, 5) is 11.5. The second-order valence-corrected chi connectivity index (χ2v) is 6.16. The molecule has 0 aliphatic heterocycles. The molecule has 1 heterocycles. The maximum absolute atomic E-state index is 11.5. The van der Waals surface area contributed by atoms with Gasteiger partial charge in [-0.2, -0.15) is 0 Å². The van der Waals surface area contributed by atoms with Gasteiger partial charge >= 0.3 is 5.69 Å². The van der Waals surface area contributed by atoms with Crippen molar-refractivity contribution in [3.8, 4) is 0 Å². The molecular weight excluding hydrogens is 272 g/mol. The number of rotatable bonds is 5. The van der Waals surface area contributed by atoms with E-state index in [9.17, 15) is 4.79 Å². The molecule has 0 spiro atoms. The summed E-state index contributed by atoms with van der Waals surface area (Å²) in [5.41, 5.74) is 8.42. The number of nitrogens with two attached hydrogens (primary N) is 1. The van der Waals surface area contributed by atoms with Crippen LogP contribution in [0.1, 0.15) is 31.0 Å². The van der Waals surface area contributed by atoms with Gasteiger partial charge in [0.05, 0.1) is 0 Å². The van der Waals surface area contributed by atoms with Crippen molar-refractivity contribution in [1.82, 2.24) is 14.8 Å². The summed E-state index contributed by atoms with van der Waals surface area (Å²) >= 11 is 1.52. The van der Waals surface area contributed by atoms with E-state index >= 15 is 0 Å². The highest BCUT2D eigenvalue weighted by Crippen LogP contribution is 2.28. The number of benzene rings is 1. The number of hydrogen-bond donors (Lipinski definition) is 2. The monoisotopic (exact) mass is 292 g/mol.